The highest BCUT2D eigenvalue weighted by Crippen LogP contribution is 2.28. The minimum atomic E-state index is -1.19. The lowest BCUT2D eigenvalue weighted by Gasteiger charge is -2.23. The Kier molecular flexibility index (Phi) is 3.55. The van der Waals surface area contributed by atoms with Crippen LogP contribution in [0.3, 0.4) is 0 Å². The molecule has 1 atom stereocenters. The summed E-state index contributed by atoms with van der Waals surface area (Å²) in [6, 6.07) is 0. The van der Waals surface area contributed by atoms with Gasteiger partial charge in [0.1, 0.15) is 11.4 Å². The number of aromatic nitrogens is 3. The molecule has 8 heteroatoms. The monoisotopic (exact) mass is 270 g/mol. The number of aryl methyl sites for hydroxylation is 1. The fourth-order valence-electron chi connectivity index (χ4n) is 1.71. The summed E-state index contributed by atoms with van der Waals surface area (Å²) in [5.74, 6) is 0.137. The number of amides is 1. The predicted octanol–water partition coefficient (Wildman–Crippen LogP) is 0.0572. The summed E-state index contributed by atoms with van der Waals surface area (Å²) in [6.45, 7) is 1.88. The van der Waals surface area contributed by atoms with Crippen LogP contribution in [0.4, 0.5) is 0 Å². The van der Waals surface area contributed by atoms with Crippen molar-refractivity contribution in [3.63, 3.8) is 0 Å². The Morgan fingerprint density at radius 1 is 1.61 bits per heavy atom. The van der Waals surface area contributed by atoms with E-state index in [0.29, 0.717) is 24.4 Å². The number of thioether (sulfide) groups is 1. The topological polar surface area (TPSA) is 108 Å². The maximum absolute atomic E-state index is 11.9. The Labute approximate surface area is 108 Å². The van der Waals surface area contributed by atoms with E-state index >= 15 is 0 Å². The van der Waals surface area contributed by atoms with Crippen molar-refractivity contribution in [1.82, 2.24) is 20.5 Å². The lowest BCUT2D eigenvalue weighted by Crippen LogP contribution is -2.55. The zero-order chi connectivity index (χ0) is 13.2. The van der Waals surface area contributed by atoms with E-state index < -0.39 is 17.4 Å². The Balaban J connectivity index is 2.12. The van der Waals surface area contributed by atoms with Gasteiger partial charge in [-0.05, 0) is 12.2 Å². The van der Waals surface area contributed by atoms with Gasteiger partial charge < -0.3 is 10.4 Å². The molecule has 18 heavy (non-hydrogen) atoms. The quantitative estimate of drug-likeness (QED) is 0.714. The first-order valence-electron chi connectivity index (χ1n) is 5.62. The molecule has 98 valence electrons. The van der Waals surface area contributed by atoms with Crippen molar-refractivity contribution >= 4 is 23.6 Å². The number of rotatable bonds is 4. The first kappa shape index (κ1) is 12.9. The number of hydrogen-bond acceptors (Lipinski definition) is 5. The number of nitrogens with zero attached hydrogens (tertiary/aromatic N) is 2. The van der Waals surface area contributed by atoms with Crippen LogP contribution < -0.4 is 5.32 Å². The minimum Gasteiger partial charge on any atom is -0.479 e. The number of aromatic amines is 1. The number of aliphatic carboxylic acids is 1. The van der Waals surface area contributed by atoms with E-state index in [0.717, 1.165) is 5.75 Å². The zero-order valence-electron chi connectivity index (χ0n) is 9.89. The number of hydrogen-bond donors (Lipinski definition) is 3. The van der Waals surface area contributed by atoms with Crippen LogP contribution in [0.2, 0.25) is 0 Å². The Morgan fingerprint density at radius 3 is 2.89 bits per heavy atom. The van der Waals surface area contributed by atoms with E-state index in [1.54, 1.807) is 0 Å². The number of carboxylic acids is 1. The molecule has 1 aliphatic rings. The second kappa shape index (κ2) is 4.97. The van der Waals surface area contributed by atoms with Gasteiger partial charge in [-0.2, -0.15) is 11.8 Å². The molecular formula is C10H14N4O3S. The summed E-state index contributed by atoms with van der Waals surface area (Å²) in [7, 11) is 0. The van der Waals surface area contributed by atoms with E-state index in [1.165, 1.54) is 11.8 Å². The Bertz CT molecular complexity index is 467. The highest BCUT2D eigenvalue weighted by molar-refractivity contribution is 7.99. The van der Waals surface area contributed by atoms with Gasteiger partial charge in [-0.1, -0.05) is 6.92 Å². The number of H-pyrrole nitrogens is 1. The van der Waals surface area contributed by atoms with Crippen molar-refractivity contribution in [1.29, 1.82) is 0 Å². The van der Waals surface area contributed by atoms with Crippen LogP contribution in [0, 0.1) is 0 Å². The van der Waals surface area contributed by atoms with Crippen LogP contribution in [0.15, 0.2) is 0 Å². The average molecular weight is 270 g/mol. The summed E-state index contributed by atoms with van der Waals surface area (Å²) >= 11 is 1.51. The highest BCUT2D eigenvalue weighted by Gasteiger charge is 2.43. The molecule has 1 fully saturated rings. The molecule has 3 N–H and O–H groups in total. The van der Waals surface area contributed by atoms with Crippen molar-refractivity contribution < 1.29 is 14.7 Å². The number of nitrogens with one attached hydrogen (secondary N) is 2. The van der Waals surface area contributed by atoms with E-state index in [9.17, 15) is 14.7 Å². The van der Waals surface area contributed by atoms with Crippen LogP contribution in [0.25, 0.3) is 0 Å². The maximum atomic E-state index is 11.9. The second-order valence-electron chi connectivity index (χ2n) is 4.10. The molecule has 2 heterocycles. The van der Waals surface area contributed by atoms with Gasteiger partial charge in [0.25, 0.3) is 5.91 Å². The van der Waals surface area contributed by atoms with Gasteiger partial charge in [-0.15, -0.1) is 5.10 Å². The summed E-state index contributed by atoms with van der Waals surface area (Å²) in [4.78, 5) is 27.2. The first-order chi connectivity index (χ1) is 8.57. The van der Waals surface area contributed by atoms with Crippen molar-refractivity contribution in [3.05, 3.63) is 11.6 Å². The smallest absolute Gasteiger partial charge is 0.330 e. The molecule has 7 nitrogen and oxygen atoms in total. The van der Waals surface area contributed by atoms with Crippen molar-refractivity contribution in [2.24, 2.45) is 0 Å². The molecule has 0 bridgehead atoms. The molecule has 0 radical (unpaired) electrons. The van der Waals surface area contributed by atoms with Gasteiger partial charge in [0, 0.05) is 12.2 Å². The molecular weight excluding hydrogens is 256 g/mol. The largest absolute Gasteiger partial charge is 0.479 e. The summed E-state index contributed by atoms with van der Waals surface area (Å²) in [6.07, 6.45) is 1.06. The molecule has 0 aliphatic carbocycles. The predicted molar refractivity (Wildman–Crippen MR) is 65.5 cm³/mol. The van der Waals surface area contributed by atoms with Crippen LogP contribution in [-0.4, -0.2) is 49.2 Å². The number of carbonyl (C=O) groups excluding carboxylic acids is 1. The Morgan fingerprint density at radius 2 is 2.39 bits per heavy atom. The molecule has 0 aromatic carbocycles. The zero-order valence-corrected chi connectivity index (χ0v) is 10.7. The van der Waals surface area contributed by atoms with Crippen LogP contribution in [-0.2, 0) is 11.2 Å². The number of carbonyl (C=O) groups is 2. The van der Waals surface area contributed by atoms with Crippen molar-refractivity contribution in [2.75, 3.05) is 11.5 Å². The van der Waals surface area contributed by atoms with Gasteiger partial charge in [0.15, 0.2) is 0 Å². The third-order valence-corrected chi connectivity index (χ3v) is 4.04. The first-order valence-corrected chi connectivity index (χ1v) is 6.78. The number of carboxylic acid groups (broad SMARTS) is 1. The van der Waals surface area contributed by atoms with Crippen LogP contribution in [0.1, 0.15) is 29.8 Å². The fraction of sp³-hybridized carbons (Fsp3) is 0.600. The van der Waals surface area contributed by atoms with Gasteiger partial charge in [-0.25, -0.2) is 9.78 Å². The summed E-state index contributed by atoms with van der Waals surface area (Å²) in [5.41, 5.74) is -1.19. The normalized spacial score (nSPS) is 22.9. The van der Waals surface area contributed by atoms with E-state index in [2.05, 4.69) is 20.5 Å². The lowest BCUT2D eigenvalue weighted by molar-refractivity contribution is -0.143. The minimum absolute atomic E-state index is 0.00984. The van der Waals surface area contributed by atoms with E-state index in [4.69, 9.17) is 0 Å². The molecule has 1 amide bonds. The van der Waals surface area contributed by atoms with Crippen LogP contribution >= 0.6 is 11.8 Å². The molecule has 1 aliphatic heterocycles. The van der Waals surface area contributed by atoms with Crippen LogP contribution in [0.5, 0.6) is 0 Å². The summed E-state index contributed by atoms with van der Waals surface area (Å²) < 4.78 is 0. The molecule has 1 aromatic heterocycles. The standard InChI is InChI=1S/C10H14N4O3S/c1-2-6-11-7(14-13-6)8(15)12-10(9(16)17)3-4-18-5-10/h2-5H2,1H3,(H,12,15)(H,16,17)(H,11,13,14). The third-order valence-electron chi connectivity index (χ3n) is 2.85. The fourth-order valence-corrected chi connectivity index (χ4v) is 3.04. The molecule has 1 unspecified atom stereocenters. The van der Waals surface area contributed by atoms with Gasteiger partial charge >= 0.3 is 5.97 Å². The third kappa shape index (κ3) is 2.33. The van der Waals surface area contributed by atoms with Crippen molar-refractivity contribution in [2.45, 2.75) is 25.3 Å². The molecule has 0 spiro atoms. The molecule has 0 saturated carbocycles. The van der Waals surface area contributed by atoms with Crippen molar-refractivity contribution in [3.8, 4) is 0 Å². The van der Waals surface area contributed by atoms with E-state index in [1.807, 2.05) is 6.92 Å². The Hall–Kier alpha value is -1.57. The average Bonchev–Trinajstić information content (AvgIpc) is 2.97. The highest BCUT2D eigenvalue weighted by atomic mass is 32.2. The molecule has 2 rings (SSSR count). The summed E-state index contributed by atoms with van der Waals surface area (Å²) in [5, 5.41) is 18.2. The lowest BCUT2D eigenvalue weighted by atomic mass is 9.99. The maximum Gasteiger partial charge on any atom is 0.330 e. The van der Waals surface area contributed by atoms with E-state index in [-0.39, 0.29) is 5.82 Å². The second-order valence-corrected chi connectivity index (χ2v) is 5.21. The SMILES string of the molecule is CCc1nc(C(=O)NC2(C(=O)O)CCSC2)n[nH]1. The van der Waals surface area contributed by atoms with Gasteiger partial charge in [0.05, 0.1) is 0 Å². The van der Waals surface area contributed by atoms with Gasteiger partial charge in [0.2, 0.25) is 5.82 Å². The molecule has 1 saturated heterocycles. The molecule has 1 aromatic rings. The van der Waals surface area contributed by atoms with Gasteiger partial charge in [-0.3, -0.25) is 9.89 Å².